The van der Waals surface area contributed by atoms with Gasteiger partial charge in [-0.15, -0.1) is 0 Å². The molecule has 2 atom stereocenters. The Balaban J connectivity index is 2.29. The second kappa shape index (κ2) is 6.07. The van der Waals surface area contributed by atoms with Gasteiger partial charge in [0.15, 0.2) is 0 Å². The molecule has 24 heavy (non-hydrogen) atoms. The van der Waals surface area contributed by atoms with E-state index in [2.05, 4.69) is 0 Å². The summed E-state index contributed by atoms with van der Waals surface area (Å²) in [5.41, 5.74) is -4.63. The fourth-order valence-corrected chi connectivity index (χ4v) is 3.10. The molecule has 1 aromatic heterocycles. The predicted molar refractivity (Wildman–Crippen MR) is 79.0 cm³/mol. The molecule has 1 saturated heterocycles. The first-order valence-electron chi connectivity index (χ1n) is 7.74. The number of alkyl halides is 3. The fraction of sp³-hybridized carbons (Fsp3) is 0.688. The second-order valence-electron chi connectivity index (χ2n) is 6.84. The topological polar surface area (TPSA) is 73.9 Å². The van der Waals surface area contributed by atoms with Gasteiger partial charge in [0.1, 0.15) is 11.5 Å². The number of halogens is 3. The monoisotopic (exact) mass is 349 g/mol. The highest BCUT2D eigenvalue weighted by atomic mass is 19.4. The van der Waals surface area contributed by atoms with Crippen molar-refractivity contribution in [2.45, 2.75) is 63.5 Å². The maximum Gasteiger partial charge on any atom is 0.425 e. The van der Waals surface area contributed by atoms with Crippen molar-refractivity contribution in [2.24, 2.45) is 0 Å². The molecule has 0 aliphatic carbocycles. The Hall–Kier alpha value is -1.54. The van der Waals surface area contributed by atoms with E-state index in [0.29, 0.717) is 12.8 Å². The Kier molecular flexibility index (Phi) is 4.76. The standard InChI is InChI=1S/C16H22F3NO4/c1-10-6-7-12(24-10)15(23,16(17,18)19)9-13(21)20-8-4-5-11(20)14(2,3)22/h6-7,11,22-23H,4-5,8-9H2,1-3H3. The van der Waals surface area contributed by atoms with Crippen molar-refractivity contribution in [2.75, 3.05) is 6.54 Å². The normalized spacial score (nSPS) is 21.8. The number of hydrogen-bond donors (Lipinski definition) is 2. The lowest BCUT2D eigenvalue weighted by molar-refractivity contribution is -0.274. The molecule has 2 rings (SSSR count). The van der Waals surface area contributed by atoms with Crippen LogP contribution in [0.1, 0.15) is 44.6 Å². The average molecular weight is 349 g/mol. The summed E-state index contributed by atoms with van der Waals surface area (Å²) in [6, 6.07) is 1.74. The molecular formula is C16H22F3NO4. The van der Waals surface area contributed by atoms with Gasteiger partial charge < -0.3 is 19.5 Å². The zero-order valence-electron chi connectivity index (χ0n) is 13.9. The third kappa shape index (κ3) is 3.44. The van der Waals surface area contributed by atoms with Gasteiger partial charge in [0.05, 0.1) is 18.1 Å². The lowest BCUT2D eigenvalue weighted by Gasteiger charge is -2.36. The van der Waals surface area contributed by atoms with Crippen LogP contribution in [0.25, 0.3) is 0 Å². The smallest absolute Gasteiger partial charge is 0.425 e. The van der Waals surface area contributed by atoms with Gasteiger partial charge in [-0.1, -0.05) is 0 Å². The van der Waals surface area contributed by atoms with E-state index in [-0.39, 0.29) is 12.3 Å². The van der Waals surface area contributed by atoms with Crippen molar-refractivity contribution in [3.05, 3.63) is 23.7 Å². The SMILES string of the molecule is Cc1ccc(C(O)(CC(=O)N2CCCC2C(C)(C)O)C(F)(F)F)o1. The van der Waals surface area contributed by atoms with Crippen LogP contribution in [0, 0.1) is 6.92 Å². The summed E-state index contributed by atoms with van der Waals surface area (Å²) in [6.45, 7) is 4.72. The van der Waals surface area contributed by atoms with Crippen molar-refractivity contribution in [1.82, 2.24) is 4.90 Å². The number of aryl methyl sites for hydroxylation is 1. The number of likely N-dealkylation sites (tertiary alicyclic amines) is 1. The summed E-state index contributed by atoms with van der Waals surface area (Å²) < 4.78 is 45.3. The largest absolute Gasteiger partial charge is 0.463 e. The Morgan fingerprint density at radius 3 is 2.42 bits per heavy atom. The molecule has 2 heterocycles. The van der Waals surface area contributed by atoms with E-state index >= 15 is 0 Å². The molecule has 2 unspecified atom stereocenters. The van der Waals surface area contributed by atoms with Gasteiger partial charge >= 0.3 is 6.18 Å². The van der Waals surface area contributed by atoms with Gasteiger partial charge in [-0.05, 0) is 45.7 Å². The molecule has 1 amide bonds. The summed E-state index contributed by atoms with van der Waals surface area (Å²) in [5.74, 6) is -1.37. The Morgan fingerprint density at radius 1 is 1.33 bits per heavy atom. The van der Waals surface area contributed by atoms with Crippen LogP contribution in [0.15, 0.2) is 16.5 Å². The van der Waals surface area contributed by atoms with Crippen molar-refractivity contribution in [3.8, 4) is 0 Å². The second-order valence-corrected chi connectivity index (χ2v) is 6.84. The van der Waals surface area contributed by atoms with Crippen LogP contribution in [0.4, 0.5) is 13.2 Å². The van der Waals surface area contributed by atoms with Crippen LogP contribution in [-0.2, 0) is 10.4 Å². The summed E-state index contributed by atoms with van der Waals surface area (Å²) in [6.07, 6.45) is -5.17. The van der Waals surface area contributed by atoms with E-state index in [4.69, 9.17) is 4.42 Å². The molecule has 0 spiro atoms. The zero-order valence-corrected chi connectivity index (χ0v) is 13.9. The number of nitrogens with zero attached hydrogens (tertiary/aromatic N) is 1. The Bertz CT molecular complexity index is 605. The number of carbonyl (C=O) groups excluding carboxylic acids is 1. The van der Waals surface area contributed by atoms with Crippen LogP contribution in [0.5, 0.6) is 0 Å². The van der Waals surface area contributed by atoms with Crippen molar-refractivity contribution < 1.29 is 32.6 Å². The molecule has 1 fully saturated rings. The molecule has 1 aliphatic heterocycles. The first-order valence-corrected chi connectivity index (χ1v) is 7.74. The number of rotatable bonds is 4. The quantitative estimate of drug-likeness (QED) is 0.876. The third-order valence-electron chi connectivity index (χ3n) is 4.41. The summed E-state index contributed by atoms with van der Waals surface area (Å²) in [4.78, 5) is 13.7. The molecule has 8 heteroatoms. The maximum atomic E-state index is 13.4. The minimum Gasteiger partial charge on any atom is -0.463 e. The minimum atomic E-state index is -5.07. The lowest BCUT2D eigenvalue weighted by atomic mass is 9.93. The molecule has 0 bridgehead atoms. The van der Waals surface area contributed by atoms with Gasteiger partial charge in [-0.2, -0.15) is 13.2 Å². The zero-order chi connectivity index (χ0) is 18.3. The van der Waals surface area contributed by atoms with E-state index in [0.717, 1.165) is 6.07 Å². The highest BCUT2D eigenvalue weighted by Gasteiger charge is 2.59. The van der Waals surface area contributed by atoms with Gasteiger partial charge in [-0.25, -0.2) is 0 Å². The van der Waals surface area contributed by atoms with E-state index < -0.39 is 41.5 Å². The first kappa shape index (κ1) is 18.8. The van der Waals surface area contributed by atoms with Crippen LogP contribution in [-0.4, -0.2) is 45.4 Å². The lowest BCUT2D eigenvalue weighted by Crippen LogP contribution is -2.52. The maximum absolute atomic E-state index is 13.4. The molecule has 0 aromatic carbocycles. The van der Waals surface area contributed by atoms with Gasteiger partial charge in [0.25, 0.3) is 0 Å². The molecular weight excluding hydrogens is 327 g/mol. The number of amides is 1. The van der Waals surface area contributed by atoms with Crippen molar-refractivity contribution >= 4 is 5.91 Å². The first-order chi connectivity index (χ1) is 10.9. The molecule has 0 radical (unpaired) electrons. The Morgan fingerprint density at radius 2 is 1.96 bits per heavy atom. The number of carbonyl (C=O) groups is 1. The molecule has 5 nitrogen and oxygen atoms in total. The van der Waals surface area contributed by atoms with E-state index in [9.17, 15) is 28.2 Å². The molecule has 136 valence electrons. The van der Waals surface area contributed by atoms with Crippen molar-refractivity contribution in [1.29, 1.82) is 0 Å². The number of furan rings is 1. The summed E-state index contributed by atoms with van der Waals surface area (Å²) in [5, 5.41) is 20.3. The van der Waals surface area contributed by atoms with Gasteiger partial charge in [0, 0.05) is 6.54 Å². The summed E-state index contributed by atoms with van der Waals surface area (Å²) in [7, 11) is 0. The van der Waals surface area contributed by atoms with E-state index in [1.54, 1.807) is 0 Å². The Labute approximate surface area is 138 Å². The van der Waals surface area contributed by atoms with Crippen LogP contribution >= 0.6 is 0 Å². The molecule has 1 aromatic rings. The fourth-order valence-electron chi connectivity index (χ4n) is 3.10. The third-order valence-corrected chi connectivity index (χ3v) is 4.41. The van der Waals surface area contributed by atoms with Gasteiger partial charge in [0.2, 0.25) is 11.5 Å². The molecule has 0 saturated carbocycles. The van der Waals surface area contributed by atoms with Crippen LogP contribution in [0.2, 0.25) is 0 Å². The molecule has 2 N–H and O–H groups in total. The molecule has 1 aliphatic rings. The highest BCUT2D eigenvalue weighted by Crippen LogP contribution is 2.43. The van der Waals surface area contributed by atoms with Crippen LogP contribution in [0.3, 0.4) is 0 Å². The van der Waals surface area contributed by atoms with E-state index in [1.165, 1.54) is 31.7 Å². The van der Waals surface area contributed by atoms with E-state index in [1.807, 2.05) is 0 Å². The van der Waals surface area contributed by atoms with Crippen molar-refractivity contribution in [3.63, 3.8) is 0 Å². The van der Waals surface area contributed by atoms with Gasteiger partial charge in [-0.3, -0.25) is 4.79 Å². The number of aliphatic hydroxyl groups is 2. The average Bonchev–Trinajstić information content (AvgIpc) is 3.04. The number of hydrogen-bond acceptors (Lipinski definition) is 4. The summed E-state index contributed by atoms with van der Waals surface area (Å²) >= 11 is 0. The van der Waals surface area contributed by atoms with Crippen LogP contribution < -0.4 is 0 Å². The minimum absolute atomic E-state index is 0.204. The predicted octanol–water partition coefficient (Wildman–Crippen LogP) is 2.49. The highest BCUT2D eigenvalue weighted by molar-refractivity contribution is 5.78.